The lowest BCUT2D eigenvalue weighted by Gasteiger charge is -2.11. The lowest BCUT2D eigenvalue weighted by Crippen LogP contribution is -2.30. The smallest absolute Gasteiger partial charge is 0.220 e. The first-order chi connectivity index (χ1) is 6.70. The summed E-state index contributed by atoms with van der Waals surface area (Å²) in [6, 6.07) is 0. The molecule has 92 valence electrons. The molecule has 0 saturated heterocycles. The van der Waals surface area contributed by atoms with E-state index in [1.807, 2.05) is 7.05 Å². The van der Waals surface area contributed by atoms with Crippen molar-refractivity contribution >= 4 is 18.3 Å². The van der Waals surface area contributed by atoms with Gasteiger partial charge in [-0.15, -0.1) is 12.4 Å². The van der Waals surface area contributed by atoms with Crippen LogP contribution in [0.25, 0.3) is 0 Å². The van der Waals surface area contributed by atoms with Crippen LogP contribution in [0.15, 0.2) is 0 Å². The third-order valence-corrected chi connectivity index (χ3v) is 1.93. The van der Waals surface area contributed by atoms with Crippen molar-refractivity contribution in [3.8, 4) is 0 Å². The number of nitrogens with one attached hydrogen (secondary N) is 2. The molecule has 0 spiro atoms. The minimum absolute atomic E-state index is 0. The van der Waals surface area contributed by atoms with Crippen molar-refractivity contribution in [3.05, 3.63) is 0 Å². The Labute approximate surface area is 98.6 Å². The van der Waals surface area contributed by atoms with Crippen molar-refractivity contribution in [1.29, 1.82) is 0 Å². The summed E-state index contributed by atoms with van der Waals surface area (Å²) in [6.07, 6.45) is 1.49. The molecule has 0 rings (SSSR count). The van der Waals surface area contributed by atoms with Crippen LogP contribution < -0.4 is 10.6 Å². The van der Waals surface area contributed by atoms with Crippen LogP contribution >= 0.6 is 12.4 Å². The van der Waals surface area contributed by atoms with Gasteiger partial charge in [0.25, 0.3) is 0 Å². The van der Waals surface area contributed by atoms with Gasteiger partial charge in [-0.05, 0) is 25.9 Å². The number of rotatable bonds is 8. The predicted octanol–water partition coefficient (Wildman–Crippen LogP) is 0.806. The minimum Gasteiger partial charge on any atom is -0.384 e. The summed E-state index contributed by atoms with van der Waals surface area (Å²) >= 11 is 0. The van der Waals surface area contributed by atoms with Gasteiger partial charge in [0.2, 0.25) is 5.91 Å². The zero-order valence-electron chi connectivity index (χ0n) is 9.84. The molecule has 5 heteroatoms. The van der Waals surface area contributed by atoms with Gasteiger partial charge in [0.15, 0.2) is 0 Å². The predicted molar refractivity (Wildman–Crippen MR) is 64.5 cm³/mol. The van der Waals surface area contributed by atoms with E-state index in [0.717, 1.165) is 13.0 Å². The highest BCUT2D eigenvalue weighted by molar-refractivity contribution is 5.85. The van der Waals surface area contributed by atoms with Crippen molar-refractivity contribution < 1.29 is 9.53 Å². The molecule has 0 bridgehead atoms. The standard InChI is InChI=1S/C10H22N2O2.ClH/c1-9(8-14-3)7-12-10(13)5-4-6-11-2;/h9,11H,4-8H2,1-3H3,(H,12,13);1H. The van der Waals surface area contributed by atoms with Crippen LogP contribution in [-0.2, 0) is 9.53 Å². The van der Waals surface area contributed by atoms with Crippen LogP contribution in [0.2, 0.25) is 0 Å². The Bertz CT molecular complexity index is 156. The molecule has 0 aromatic heterocycles. The zero-order chi connectivity index (χ0) is 10.8. The van der Waals surface area contributed by atoms with Crippen LogP contribution in [0, 0.1) is 5.92 Å². The number of amides is 1. The number of carbonyl (C=O) groups excluding carboxylic acids is 1. The maximum absolute atomic E-state index is 11.2. The van der Waals surface area contributed by atoms with Crippen molar-refractivity contribution in [1.82, 2.24) is 10.6 Å². The first-order valence-electron chi connectivity index (χ1n) is 5.11. The molecule has 2 N–H and O–H groups in total. The molecule has 0 saturated carbocycles. The molecule has 1 amide bonds. The second-order valence-corrected chi connectivity index (χ2v) is 3.57. The van der Waals surface area contributed by atoms with Crippen LogP contribution in [0.4, 0.5) is 0 Å². The van der Waals surface area contributed by atoms with Crippen LogP contribution in [0.5, 0.6) is 0 Å². The molecule has 0 aliphatic rings. The number of ether oxygens (including phenoxy) is 1. The fourth-order valence-electron chi connectivity index (χ4n) is 1.15. The summed E-state index contributed by atoms with van der Waals surface area (Å²) in [5.74, 6) is 0.511. The third-order valence-electron chi connectivity index (χ3n) is 1.93. The second-order valence-electron chi connectivity index (χ2n) is 3.57. The highest BCUT2D eigenvalue weighted by Crippen LogP contribution is 1.93. The van der Waals surface area contributed by atoms with Crippen molar-refractivity contribution in [2.75, 3.05) is 33.9 Å². The number of hydrogen-bond acceptors (Lipinski definition) is 3. The molecule has 0 radical (unpaired) electrons. The molecular weight excluding hydrogens is 216 g/mol. The van der Waals surface area contributed by atoms with E-state index in [2.05, 4.69) is 17.6 Å². The lowest BCUT2D eigenvalue weighted by atomic mass is 10.2. The highest BCUT2D eigenvalue weighted by Gasteiger charge is 2.04. The van der Waals surface area contributed by atoms with E-state index in [9.17, 15) is 4.79 Å². The maximum atomic E-state index is 11.2. The molecule has 0 aliphatic heterocycles. The molecular formula is C10H23ClN2O2. The van der Waals surface area contributed by atoms with E-state index < -0.39 is 0 Å². The number of halogens is 1. The normalized spacial score (nSPS) is 11.7. The van der Waals surface area contributed by atoms with Gasteiger partial charge in [0.05, 0.1) is 6.61 Å². The Kier molecular flexibility index (Phi) is 13.4. The Hall–Kier alpha value is -0.320. The molecule has 1 atom stereocenters. The SMILES string of the molecule is CNCCCC(=O)NCC(C)COC.Cl. The topological polar surface area (TPSA) is 50.4 Å². The quantitative estimate of drug-likeness (QED) is 0.616. The van der Waals surface area contributed by atoms with Gasteiger partial charge in [-0.1, -0.05) is 6.92 Å². The molecule has 0 fully saturated rings. The molecule has 0 aromatic carbocycles. The summed E-state index contributed by atoms with van der Waals surface area (Å²) in [7, 11) is 3.56. The largest absolute Gasteiger partial charge is 0.384 e. The first kappa shape index (κ1) is 17.1. The minimum atomic E-state index is 0. The number of carbonyl (C=O) groups is 1. The number of hydrogen-bond donors (Lipinski definition) is 2. The van der Waals surface area contributed by atoms with Gasteiger partial charge >= 0.3 is 0 Å². The van der Waals surface area contributed by atoms with E-state index in [1.165, 1.54) is 0 Å². The summed E-state index contributed by atoms with van der Waals surface area (Å²) in [4.78, 5) is 11.2. The first-order valence-corrected chi connectivity index (χ1v) is 5.11. The summed E-state index contributed by atoms with van der Waals surface area (Å²) in [5, 5.41) is 5.89. The molecule has 0 aliphatic carbocycles. The average Bonchev–Trinajstić information content (AvgIpc) is 2.16. The third kappa shape index (κ3) is 11.6. The van der Waals surface area contributed by atoms with E-state index >= 15 is 0 Å². The van der Waals surface area contributed by atoms with Crippen molar-refractivity contribution in [2.24, 2.45) is 5.92 Å². The fraction of sp³-hybridized carbons (Fsp3) is 0.900. The molecule has 0 aromatic rings. The van der Waals surface area contributed by atoms with Gasteiger partial charge in [0.1, 0.15) is 0 Å². The van der Waals surface area contributed by atoms with Crippen LogP contribution in [0.3, 0.4) is 0 Å². The second kappa shape index (κ2) is 11.8. The van der Waals surface area contributed by atoms with Crippen molar-refractivity contribution in [3.63, 3.8) is 0 Å². The molecule has 1 unspecified atom stereocenters. The van der Waals surface area contributed by atoms with E-state index in [1.54, 1.807) is 7.11 Å². The van der Waals surface area contributed by atoms with Crippen molar-refractivity contribution in [2.45, 2.75) is 19.8 Å². The summed E-state index contributed by atoms with van der Waals surface area (Å²) in [6.45, 7) is 4.33. The highest BCUT2D eigenvalue weighted by atomic mass is 35.5. The Morgan fingerprint density at radius 3 is 2.67 bits per heavy atom. The molecule has 15 heavy (non-hydrogen) atoms. The Balaban J connectivity index is 0. The van der Waals surface area contributed by atoms with Gasteiger partial charge in [-0.3, -0.25) is 4.79 Å². The van der Waals surface area contributed by atoms with Gasteiger partial charge in [0, 0.05) is 20.1 Å². The van der Waals surface area contributed by atoms with Gasteiger partial charge in [-0.2, -0.15) is 0 Å². The fourth-order valence-corrected chi connectivity index (χ4v) is 1.15. The molecule has 4 nitrogen and oxygen atoms in total. The summed E-state index contributed by atoms with van der Waals surface area (Å²) < 4.78 is 4.97. The van der Waals surface area contributed by atoms with Gasteiger partial charge in [-0.25, -0.2) is 0 Å². The van der Waals surface area contributed by atoms with E-state index in [0.29, 0.717) is 25.5 Å². The number of methoxy groups -OCH3 is 1. The summed E-state index contributed by atoms with van der Waals surface area (Å²) in [5.41, 5.74) is 0. The monoisotopic (exact) mass is 238 g/mol. The van der Waals surface area contributed by atoms with Crippen LogP contribution in [0.1, 0.15) is 19.8 Å². The lowest BCUT2D eigenvalue weighted by molar-refractivity contribution is -0.121. The maximum Gasteiger partial charge on any atom is 0.220 e. The zero-order valence-corrected chi connectivity index (χ0v) is 10.7. The van der Waals surface area contributed by atoms with E-state index in [-0.39, 0.29) is 18.3 Å². The molecule has 0 heterocycles. The Morgan fingerprint density at radius 2 is 2.13 bits per heavy atom. The average molecular weight is 239 g/mol. The Morgan fingerprint density at radius 1 is 1.47 bits per heavy atom. The van der Waals surface area contributed by atoms with Gasteiger partial charge < -0.3 is 15.4 Å². The van der Waals surface area contributed by atoms with Crippen LogP contribution in [-0.4, -0.2) is 39.8 Å². The van der Waals surface area contributed by atoms with E-state index in [4.69, 9.17) is 4.74 Å².